The molecule has 2 aromatic heterocycles. The van der Waals surface area contributed by atoms with Crippen LogP contribution in [0.1, 0.15) is 104 Å². The van der Waals surface area contributed by atoms with Crippen LogP contribution < -0.4 is 11.3 Å². The Bertz CT molecular complexity index is 1800. The quantitative estimate of drug-likeness (QED) is 0.0498. The molecule has 324 valence electrons. The number of fused-ring (bicyclic) bond motifs is 1. The average molecular weight is 873 g/mol. The van der Waals surface area contributed by atoms with Crippen LogP contribution in [0.2, 0.25) is 0 Å². The molecule has 0 aliphatic carbocycles. The van der Waals surface area contributed by atoms with Crippen molar-refractivity contribution in [1.29, 1.82) is 0 Å². The van der Waals surface area contributed by atoms with Gasteiger partial charge in [0.25, 0.3) is 5.56 Å². The van der Waals surface area contributed by atoms with E-state index >= 15 is 4.39 Å². The zero-order chi connectivity index (χ0) is 42.1. The molecule has 23 heteroatoms. The molecule has 4 rings (SSSR count). The third-order valence-corrected chi connectivity index (χ3v) is 13.5. The molecule has 8 N–H and O–H groups in total. The van der Waals surface area contributed by atoms with Crippen LogP contribution >= 0.6 is 14.5 Å². The number of nitrogen functional groups attached to an aromatic ring is 1. The van der Waals surface area contributed by atoms with Gasteiger partial charge in [0, 0.05) is 25.0 Å². The van der Waals surface area contributed by atoms with Crippen molar-refractivity contribution < 1.29 is 70.8 Å². The summed E-state index contributed by atoms with van der Waals surface area (Å²) in [5, 5.41) is 21.3. The molecule has 0 radical (unpaired) electrons. The van der Waals surface area contributed by atoms with Gasteiger partial charge in [-0.1, -0.05) is 72.1 Å². The van der Waals surface area contributed by atoms with E-state index in [0.717, 1.165) is 32.6 Å². The van der Waals surface area contributed by atoms with Crippen LogP contribution in [0.3, 0.4) is 0 Å². The van der Waals surface area contributed by atoms with Crippen molar-refractivity contribution in [2.45, 2.75) is 141 Å². The van der Waals surface area contributed by atoms with Crippen molar-refractivity contribution in [2.24, 2.45) is 11.8 Å². The summed E-state index contributed by atoms with van der Waals surface area (Å²) in [6.07, 6.45) is -2.74. The number of aromatic amines is 2. The van der Waals surface area contributed by atoms with Crippen molar-refractivity contribution in [2.75, 3.05) is 18.9 Å². The SMILES string of the molecule is CCCCCCCCCCCC(=O)OC[C@H](F)C1O[C@@H](OP(=O)(O)OP(O)(=S)OC[C@H]2O[C@@H](c3cc4nc(N)[nH]c(=O)c4[nH]3)C(O)[C@H]2O)[C@H](OC(C)=O)C(C)[C@@H]1C. The number of carbonyl (C=O) groups excluding carboxylic acids is 2. The number of nitrogens with zero attached hydrogens (tertiary/aromatic N) is 1. The second kappa shape index (κ2) is 21.2. The summed E-state index contributed by atoms with van der Waals surface area (Å²) in [6, 6.07) is 1.38. The smallest absolute Gasteiger partial charge is 0.462 e. The first-order valence-electron chi connectivity index (χ1n) is 19.0. The first-order chi connectivity index (χ1) is 26.8. The monoisotopic (exact) mass is 872 g/mol. The number of hydrogen-bond acceptors (Lipinski definition) is 16. The topological polar surface area (TPSA) is 284 Å². The van der Waals surface area contributed by atoms with E-state index in [-0.39, 0.29) is 29.1 Å². The van der Waals surface area contributed by atoms with Crippen molar-refractivity contribution >= 4 is 55.3 Å². The number of aromatic nitrogens is 3. The summed E-state index contributed by atoms with van der Waals surface area (Å²) < 4.78 is 65.8. The molecule has 0 saturated carbocycles. The molecular formula is C34H55FN4O15P2S. The molecule has 19 nitrogen and oxygen atoms in total. The Labute approximate surface area is 334 Å². The molecular weight excluding hydrogens is 817 g/mol. The second-order valence-corrected chi connectivity index (χ2v) is 18.9. The maximum absolute atomic E-state index is 15.6. The van der Waals surface area contributed by atoms with Crippen molar-refractivity contribution in [3.05, 3.63) is 22.1 Å². The molecule has 2 saturated heterocycles. The molecule has 4 heterocycles. The summed E-state index contributed by atoms with van der Waals surface area (Å²) in [4.78, 5) is 67.0. The average Bonchev–Trinajstić information content (AvgIpc) is 3.68. The summed E-state index contributed by atoms with van der Waals surface area (Å²) in [5.41, 5.74) is 5.33. The van der Waals surface area contributed by atoms with Crippen molar-refractivity contribution in [3.63, 3.8) is 0 Å². The number of nitrogens with one attached hydrogen (secondary N) is 2. The fraction of sp³-hybridized carbons (Fsp3) is 0.765. The number of alkyl halides is 1. The number of carbonyl (C=O) groups is 2. The van der Waals surface area contributed by atoms with Gasteiger partial charge in [0.1, 0.15) is 36.5 Å². The number of H-pyrrole nitrogens is 2. The highest BCUT2D eigenvalue weighted by Gasteiger charge is 2.51. The molecule has 2 aliphatic rings. The number of halogens is 1. The number of aliphatic hydroxyl groups excluding tert-OH is 2. The van der Waals surface area contributed by atoms with E-state index in [1.54, 1.807) is 13.8 Å². The number of esters is 2. The Morgan fingerprint density at radius 1 is 1.04 bits per heavy atom. The number of ether oxygens (including phenoxy) is 4. The van der Waals surface area contributed by atoms with Crippen LogP contribution in [0.5, 0.6) is 0 Å². The van der Waals surface area contributed by atoms with Crippen molar-refractivity contribution in [3.8, 4) is 0 Å². The number of phosphoric acid groups is 1. The first-order valence-corrected chi connectivity index (χ1v) is 23.1. The van der Waals surface area contributed by atoms with Gasteiger partial charge in [0.15, 0.2) is 12.3 Å². The van der Waals surface area contributed by atoms with Gasteiger partial charge in [-0.3, -0.25) is 23.9 Å². The third-order valence-electron chi connectivity index (χ3n) is 10.0. The molecule has 2 aromatic rings. The van der Waals surface area contributed by atoms with Crippen LogP contribution in [0.25, 0.3) is 11.0 Å². The Balaban J connectivity index is 1.31. The van der Waals surface area contributed by atoms with Crippen LogP contribution in [-0.4, -0.2) is 103 Å². The number of phosphoric ester groups is 1. The Morgan fingerprint density at radius 2 is 1.68 bits per heavy atom. The van der Waals surface area contributed by atoms with E-state index in [0.29, 0.717) is 6.42 Å². The minimum absolute atomic E-state index is 0.0280. The molecule has 57 heavy (non-hydrogen) atoms. The van der Waals surface area contributed by atoms with Gasteiger partial charge >= 0.3 is 26.5 Å². The normalized spacial score (nSPS) is 29.1. The van der Waals surface area contributed by atoms with E-state index in [2.05, 4.69) is 21.9 Å². The van der Waals surface area contributed by atoms with Crippen molar-refractivity contribution in [1.82, 2.24) is 15.0 Å². The fourth-order valence-corrected chi connectivity index (χ4v) is 9.90. The first kappa shape index (κ1) is 47.3. The van der Waals surface area contributed by atoms with E-state index < -0.39 is 106 Å². The summed E-state index contributed by atoms with van der Waals surface area (Å²) in [5.74, 6) is -2.95. The van der Waals surface area contributed by atoms with Gasteiger partial charge in [-0.2, -0.15) is 0 Å². The van der Waals surface area contributed by atoms with E-state index in [1.807, 2.05) is 0 Å². The van der Waals surface area contributed by atoms with Gasteiger partial charge in [-0.15, -0.1) is 0 Å². The molecule has 0 bridgehead atoms. The summed E-state index contributed by atoms with van der Waals surface area (Å²) >= 11 is 4.90. The number of hydrogen-bond donors (Lipinski definition) is 7. The van der Waals surface area contributed by atoms with Crippen LogP contribution in [0, 0.1) is 11.8 Å². The molecule has 0 aromatic carbocycles. The number of aliphatic hydroxyl groups is 2. The van der Waals surface area contributed by atoms with Gasteiger partial charge in [-0.05, 0) is 30.2 Å². The van der Waals surface area contributed by atoms with Crippen LogP contribution in [0.15, 0.2) is 10.9 Å². The highest BCUT2D eigenvalue weighted by molar-refractivity contribution is 8.08. The minimum atomic E-state index is -5.46. The highest BCUT2D eigenvalue weighted by Crippen LogP contribution is 2.62. The minimum Gasteiger partial charge on any atom is -0.462 e. The molecule has 0 spiro atoms. The van der Waals surface area contributed by atoms with Crippen LogP contribution in [-0.2, 0) is 58.3 Å². The third kappa shape index (κ3) is 13.6. The van der Waals surface area contributed by atoms with Gasteiger partial charge in [-0.25, -0.2) is 18.3 Å². The summed E-state index contributed by atoms with van der Waals surface area (Å²) in [7, 11) is -5.46. The van der Waals surface area contributed by atoms with Gasteiger partial charge in [0.2, 0.25) is 12.2 Å². The van der Waals surface area contributed by atoms with Gasteiger partial charge in [0.05, 0.1) is 18.2 Å². The lowest BCUT2D eigenvalue weighted by Gasteiger charge is -2.44. The molecule has 0 amide bonds. The number of nitrogens with two attached hydrogens (primary N) is 1. The van der Waals surface area contributed by atoms with Gasteiger partial charge < -0.3 is 54.2 Å². The second-order valence-electron chi connectivity index (χ2n) is 14.5. The summed E-state index contributed by atoms with van der Waals surface area (Å²) in [6.45, 7) is 0.272. The number of rotatable bonds is 22. The lowest BCUT2D eigenvalue weighted by atomic mass is 9.82. The van der Waals surface area contributed by atoms with E-state index in [1.165, 1.54) is 31.7 Å². The fourth-order valence-electron chi connectivity index (χ4n) is 6.81. The molecule has 2 aliphatic heterocycles. The predicted molar refractivity (Wildman–Crippen MR) is 205 cm³/mol. The lowest BCUT2D eigenvalue weighted by molar-refractivity contribution is -0.262. The molecule has 12 atom stereocenters. The maximum atomic E-state index is 15.6. The largest absolute Gasteiger partial charge is 0.481 e. The zero-order valence-electron chi connectivity index (χ0n) is 32.3. The van der Waals surface area contributed by atoms with E-state index in [4.69, 9.17) is 49.8 Å². The van der Waals surface area contributed by atoms with Crippen LogP contribution in [0.4, 0.5) is 10.3 Å². The number of unbranched alkanes of at least 4 members (excludes halogenated alkanes) is 8. The molecule has 2 fully saturated rings. The Morgan fingerprint density at radius 3 is 2.33 bits per heavy atom. The lowest BCUT2D eigenvalue weighted by Crippen LogP contribution is -2.55. The Hall–Kier alpha value is -2.39. The predicted octanol–water partition coefficient (Wildman–Crippen LogP) is 4.09. The standard InChI is InChI=1S/C34H55FN4O15P2S/c1-5-6-7-8-9-10-11-12-13-14-25(41)48-16-21(35)29-18(2)19(3)30(50-20(4)40)33(52-29)53-55(45,46)54-56(47,57)49-17-24-27(42)28(43)31(51-24)23-15-22-26(37-23)32(44)39-34(36)38-22/h15,18-19,21,24,27-31,33,37,42-43H,5-14,16-17H2,1-4H3,(H,45,46)(H,47,57)(H3,36,38,39,44)/t18-,19?,21-,24+,27-,28?,29?,30+,31-,33-,56?/m0/s1. The maximum Gasteiger partial charge on any atom is 0.481 e. The van der Waals surface area contributed by atoms with E-state index in [9.17, 15) is 38.9 Å². The Kier molecular flexibility index (Phi) is 17.6. The zero-order valence-corrected chi connectivity index (χ0v) is 34.9. The number of anilines is 1. The highest BCUT2D eigenvalue weighted by atomic mass is 32.5. The molecule has 5 unspecified atom stereocenters.